The first kappa shape index (κ1) is 4.97. The molecule has 2 heteroatoms. The predicted molar refractivity (Wildman–Crippen MR) is 31.4 cm³/mol. The number of phenols is 1. The van der Waals surface area contributed by atoms with Crippen LogP contribution in [0.5, 0.6) is 5.75 Å². The fourth-order valence-corrected chi connectivity index (χ4v) is 0.429. The van der Waals surface area contributed by atoms with E-state index in [0.29, 0.717) is 5.69 Å². The maximum absolute atomic E-state index is 8.67. The second-order valence-electron chi connectivity index (χ2n) is 1.50. The zero-order valence-corrected chi connectivity index (χ0v) is 4.26. The van der Waals surface area contributed by atoms with Gasteiger partial charge in [-0.1, -0.05) is 0 Å². The van der Waals surface area contributed by atoms with E-state index in [1.165, 1.54) is 12.1 Å². The molecule has 0 amide bonds. The molecule has 1 radical (unpaired) electrons. The Balaban J connectivity index is 3.03. The molecule has 8 heavy (non-hydrogen) atoms. The average molecular weight is 108 g/mol. The first-order valence-electron chi connectivity index (χ1n) is 2.25. The minimum Gasteiger partial charge on any atom is -0.508 e. The van der Waals surface area contributed by atoms with Gasteiger partial charge >= 0.3 is 0 Å². The number of rotatable bonds is 0. The standard InChI is InChI=1S/C6H6NO/c7-5-1-3-6(8)4-2-5/h1,3-4,8H,7H2. The summed E-state index contributed by atoms with van der Waals surface area (Å²) in [6.07, 6.45) is 0. The van der Waals surface area contributed by atoms with Gasteiger partial charge in [0.2, 0.25) is 0 Å². The molecule has 0 bridgehead atoms. The Labute approximate surface area is 47.6 Å². The van der Waals surface area contributed by atoms with E-state index in [9.17, 15) is 0 Å². The fraction of sp³-hybridized carbons (Fsp3) is 0. The van der Waals surface area contributed by atoms with Crippen LogP contribution in [0.4, 0.5) is 5.69 Å². The monoisotopic (exact) mass is 108 g/mol. The minimum absolute atomic E-state index is 0.194. The lowest BCUT2D eigenvalue weighted by atomic mass is 10.3. The average Bonchev–Trinajstić information content (AvgIpc) is 1.77. The van der Waals surface area contributed by atoms with Gasteiger partial charge in [0, 0.05) is 11.8 Å². The molecule has 1 rings (SSSR count). The van der Waals surface area contributed by atoms with E-state index in [1.807, 2.05) is 0 Å². The van der Waals surface area contributed by atoms with E-state index < -0.39 is 0 Å². The Kier molecular flexibility index (Phi) is 1.08. The topological polar surface area (TPSA) is 46.2 Å². The Bertz CT molecular complexity index is 147. The van der Waals surface area contributed by atoms with Crippen molar-refractivity contribution in [2.75, 3.05) is 5.73 Å². The number of aromatic hydroxyl groups is 1. The third-order valence-corrected chi connectivity index (χ3v) is 0.820. The van der Waals surface area contributed by atoms with Crippen molar-refractivity contribution in [3.05, 3.63) is 24.3 Å². The van der Waals surface area contributed by atoms with Crippen molar-refractivity contribution in [1.29, 1.82) is 0 Å². The number of hydrogen-bond donors (Lipinski definition) is 2. The van der Waals surface area contributed by atoms with Crippen LogP contribution in [0, 0.1) is 6.07 Å². The second kappa shape index (κ2) is 1.74. The van der Waals surface area contributed by atoms with Crippen LogP contribution in [0.3, 0.4) is 0 Å². The molecular formula is C6H6NO. The molecule has 41 valence electrons. The van der Waals surface area contributed by atoms with E-state index >= 15 is 0 Å². The first-order chi connectivity index (χ1) is 3.79. The highest BCUT2D eigenvalue weighted by Crippen LogP contribution is 2.08. The first-order valence-corrected chi connectivity index (χ1v) is 2.25. The van der Waals surface area contributed by atoms with E-state index in [1.54, 1.807) is 6.07 Å². The molecule has 0 aromatic heterocycles. The molecule has 0 spiro atoms. The zero-order valence-electron chi connectivity index (χ0n) is 4.26. The maximum atomic E-state index is 8.67. The number of phenolic OH excluding ortho intramolecular Hbond substituents is 1. The van der Waals surface area contributed by atoms with E-state index in [-0.39, 0.29) is 5.75 Å². The van der Waals surface area contributed by atoms with Gasteiger partial charge < -0.3 is 10.8 Å². The SMILES string of the molecule is Nc1[c]cc(O)cc1. The van der Waals surface area contributed by atoms with Gasteiger partial charge in [-0.25, -0.2) is 0 Å². The van der Waals surface area contributed by atoms with Gasteiger partial charge in [-0.15, -0.1) is 0 Å². The summed E-state index contributed by atoms with van der Waals surface area (Å²) in [5.74, 6) is 0.194. The van der Waals surface area contributed by atoms with Gasteiger partial charge in [-0.05, 0) is 18.2 Å². The summed E-state index contributed by atoms with van der Waals surface area (Å²) in [5.41, 5.74) is 5.80. The van der Waals surface area contributed by atoms with E-state index in [2.05, 4.69) is 6.07 Å². The maximum Gasteiger partial charge on any atom is 0.116 e. The summed E-state index contributed by atoms with van der Waals surface area (Å²) in [6.45, 7) is 0. The molecule has 0 aliphatic rings. The predicted octanol–water partition coefficient (Wildman–Crippen LogP) is 0.775. The normalized spacial score (nSPS) is 9.00. The molecule has 0 atom stereocenters. The van der Waals surface area contributed by atoms with Gasteiger partial charge in [0.05, 0.1) is 0 Å². The van der Waals surface area contributed by atoms with Crippen molar-refractivity contribution in [2.45, 2.75) is 0 Å². The highest BCUT2D eigenvalue weighted by atomic mass is 16.3. The smallest absolute Gasteiger partial charge is 0.116 e. The molecule has 1 aromatic carbocycles. The summed E-state index contributed by atoms with van der Waals surface area (Å²) in [6, 6.07) is 7.17. The van der Waals surface area contributed by atoms with Crippen LogP contribution in [0.2, 0.25) is 0 Å². The Morgan fingerprint density at radius 3 is 2.62 bits per heavy atom. The van der Waals surface area contributed by atoms with Crippen molar-refractivity contribution < 1.29 is 5.11 Å². The Morgan fingerprint density at radius 2 is 2.25 bits per heavy atom. The highest BCUT2D eigenvalue weighted by Gasteiger charge is 1.83. The highest BCUT2D eigenvalue weighted by molar-refractivity contribution is 5.39. The summed E-state index contributed by atoms with van der Waals surface area (Å²) >= 11 is 0. The van der Waals surface area contributed by atoms with Crippen molar-refractivity contribution in [3.63, 3.8) is 0 Å². The van der Waals surface area contributed by atoms with E-state index in [4.69, 9.17) is 10.8 Å². The van der Waals surface area contributed by atoms with Crippen molar-refractivity contribution in [1.82, 2.24) is 0 Å². The lowest BCUT2D eigenvalue weighted by molar-refractivity contribution is 0.475. The largest absolute Gasteiger partial charge is 0.508 e. The summed E-state index contributed by atoms with van der Waals surface area (Å²) in [5, 5.41) is 8.67. The molecule has 3 N–H and O–H groups in total. The molecule has 1 aromatic rings. The third-order valence-electron chi connectivity index (χ3n) is 0.820. The van der Waals surface area contributed by atoms with Gasteiger partial charge in [-0.2, -0.15) is 0 Å². The molecule has 0 fully saturated rings. The summed E-state index contributed by atoms with van der Waals surface area (Å²) in [7, 11) is 0. The Hall–Kier alpha value is -1.18. The van der Waals surface area contributed by atoms with Gasteiger partial charge in [-0.3, -0.25) is 0 Å². The minimum atomic E-state index is 0.194. The van der Waals surface area contributed by atoms with Crippen molar-refractivity contribution >= 4 is 5.69 Å². The molecule has 0 unspecified atom stereocenters. The fourth-order valence-electron chi connectivity index (χ4n) is 0.429. The summed E-state index contributed by atoms with van der Waals surface area (Å²) < 4.78 is 0. The molecule has 0 aliphatic carbocycles. The van der Waals surface area contributed by atoms with Crippen LogP contribution in [0.25, 0.3) is 0 Å². The number of nitrogens with two attached hydrogens (primary N) is 1. The number of nitrogen functional groups attached to an aromatic ring is 1. The van der Waals surface area contributed by atoms with Gasteiger partial charge in [0.1, 0.15) is 5.75 Å². The van der Waals surface area contributed by atoms with Crippen molar-refractivity contribution in [3.8, 4) is 5.75 Å². The van der Waals surface area contributed by atoms with Crippen molar-refractivity contribution in [2.24, 2.45) is 0 Å². The molecule has 0 saturated heterocycles. The van der Waals surface area contributed by atoms with Crippen LogP contribution in [0.1, 0.15) is 0 Å². The van der Waals surface area contributed by atoms with Crippen LogP contribution in [-0.2, 0) is 0 Å². The van der Waals surface area contributed by atoms with Gasteiger partial charge in [0.25, 0.3) is 0 Å². The molecule has 2 nitrogen and oxygen atoms in total. The third kappa shape index (κ3) is 0.904. The van der Waals surface area contributed by atoms with Crippen LogP contribution in [0.15, 0.2) is 18.2 Å². The van der Waals surface area contributed by atoms with Crippen LogP contribution in [-0.4, -0.2) is 5.11 Å². The number of hydrogen-bond acceptors (Lipinski definition) is 2. The van der Waals surface area contributed by atoms with E-state index in [0.717, 1.165) is 0 Å². The zero-order chi connectivity index (χ0) is 5.98. The Morgan fingerprint density at radius 1 is 1.50 bits per heavy atom. The lowest BCUT2D eigenvalue weighted by Gasteiger charge is -1.88. The number of anilines is 1. The van der Waals surface area contributed by atoms with Crippen LogP contribution >= 0.6 is 0 Å². The second-order valence-corrected chi connectivity index (χ2v) is 1.50. The van der Waals surface area contributed by atoms with Gasteiger partial charge in [0.15, 0.2) is 0 Å². The lowest BCUT2D eigenvalue weighted by Crippen LogP contribution is -1.80. The molecule has 0 saturated carbocycles. The number of benzene rings is 1. The molecule has 0 aliphatic heterocycles. The molecule has 0 heterocycles. The van der Waals surface area contributed by atoms with Crippen LogP contribution < -0.4 is 5.73 Å². The summed E-state index contributed by atoms with van der Waals surface area (Å²) in [4.78, 5) is 0. The molecular weight excluding hydrogens is 102 g/mol. The quantitative estimate of drug-likeness (QED) is 0.381.